The molecule has 0 heterocycles. The van der Waals surface area contributed by atoms with Crippen molar-refractivity contribution < 1.29 is 10.2 Å². The molecule has 5 aliphatic carbocycles. The monoisotopic (exact) mass is 428 g/mol. The molecule has 0 spiro atoms. The average Bonchev–Trinajstić information content (AvgIpc) is 3.11. The molecule has 10 atom stereocenters. The van der Waals surface area contributed by atoms with Crippen molar-refractivity contribution in [3.63, 3.8) is 0 Å². The molecule has 2 N–H and O–H groups in total. The van der Waals surface area contributed by atoms with Gasteiger partial charge in [0.25, 0.3) is 0 Å². The molecule has 5 saturated carbocycles. The lowest BCUT2D eigenvalue weighted by Crippen LogP contribution is -2.64. The first-order valence-corrected chi connectivity index (χ1v) is 13.5. The van der Waals surface area contributed by atoms with Gasteiger partial charge in [-0.3, -0.25) is 0 Å². The SMILES string of the molecule is C=C(C)[C@@H]1CC[C@]2(CO)CC[C@]3(C)[C@H](CC[C@@H]4C5CC[C@H](O)C(C)(C)[C@@H]5CC[C@]43C)[C@@H]12. The third-order valence-electron chi connectivity index (χ3n) is 12.9. The summed E-state index contributed by atoms with van der Waals surface area (Å²) in [4.78, 5) is 0. The molecule has 0 aliphatic heterocycles. The number of rotatable bonds is 2. The molecule has 0 radical (unpaired) electrons. The Kier molecular flexibility index (Phi) is 5.13. The zero-order chi connectivity index (χ0) is 22.4. The lowest BCUT2D eigenvalue weighted by atomic mass is 9.35. The van der Waals surface area contributed by atoms with Crippen molar-refractivity contribution in [2.45, 2.75) is 105 Å². The van der Waals surface area contributed by atoms with E-state index in [0.717, 1.165) is 24.2 Å². The van der Waals surface area contributed by atoms with Gasteiger partial charge in [0, 0.05) is 6.61 Å². The molecular weight excluding hydrogens is 380 g/mol. The molecule has 1 unspecified atom stereocenters. The van der Waals surface area contributed by atoms with E-state index >= 15 is 0 Å². The predicted molar refractivity (Wildman–Crippen MR) is 127 cm³/mol. The maximum atomic E-state index is 10.8. The molecular formula is C29H48O2. The molecule has 5 rings (SSSR count). The summed E-state index contributed by atoms with van der Waals surface area (Å²) in [5.41, 5.74) is 2.37. The summed E-state index contributed by atoms with van der Waals surface area (Å²) in [6, 6.07) is 0. The fourth-order valence-corrected chi connectivity index (χ4v) is 10.8. The lowest BCUT2D eigenvalue weighted by Gasteiger charge is -2.70. The Morgan fingerprint density at radius 2 is 1.48 bits per heavy atom. The van der Waals surface area contributed by atoms with E-state index < -0.39 is 0 Å². The number of aliphatic hydroxyl groups is 2. The van der Waals surface area contributed by atoms with Crippen LogP contribution in [0, 0.1) is 57.2 Å². The topological polar surface area (TPSA) is 40.5 Å². The Balaban J connectivity index is 1.51. The quantitative estimate of drug-likeness (QED) is 0.486. The standard InChI is InChI=1S/C29H48O2/c1-18(2)19-11-14-29(17-30)16-15-28(6)23(25(19)29)9-8-22-20-7-10-24(31)26(3,4)21(20)12-13-27(22,28)5/h19-25,30-31H,1,7-17H2,2-6H3/t19-,20?,21+,22+,23+,24-,25+,27+,28+,29+/m0/s1. The molecule has 0 bridgehead atoms. The molecule has 31 heavy (non-hydrogen) atoms. The summed E-state index contributed by atoms with van der Waals surface area (Å²) in [6.45, 7) is 17.1. The third kappa shape index (κ3) is 2.76. The van der Waals surface area contributed by atoms with Crippen molar-refractivity contribution in [2.24, 2.45) is 57.2 Å². The van der Waals surface area contributed by atoms with Gasteiger partial charge in [-0.2, -0.15) is 0 Å². The van der Waals surface area contributed by atoms with Crippen molar-refractivity contribution in [3.05, 3.63) is 12.2 Å². The zero-order valence-electron chi connectivity index (χ0n) is 20.9. The molecule has 2 heteroatoms. The van der Waals surface area contributed by atoms with Crippen LogP contribution in [0.25, 0.3) is 0 Å². The van der Waals surface area contributed by atoms with Crippen molar-refractivity contribution in [2.75, 3.05) is 6.61 Å². The first-order valence-electron chi connectivity index (χ1n) is 13.5. The Morgan fingerprint density at radius 3 is 2.16 bits per heavy atom. The van der Waals surface area contributed by atoms with E-state index in [2.05, 4.69) is 41.2 Å². The minimum atomic E-state index is -0.125. The molecule has 0 aromatic rings. The van der Waals surface area contributed by atoms with Crippen LogP contribution in [0.5, 0.6) is 0 Å². The van der Waals surface area contributed by atoms with Gasteiger partial charge in [-0.15, -0.1) is 0 Å². The van der Waals surface area contributed by atoms with Crippen LogP contribution in [0.1, 0.15) is 98.8 Å². The Bertz CT molecular complexity index is 741. The van der Waals surface area contributed by atoms with Crippen LogP contribution in [0.2, 0.25) is 0 Å². The summed E-state index contributed by atoms with van der Waals surface area (Å²) in [7, 11) is 0. The van der Waals surface area contributed by atoms with Gasteiger partial charge in [0.2, 0.25) is 0 Å². The van der Waals surface area contributed by atoms with E-state index in [-0.39, 0.29) is 16.9 Å². The molecule has 2 nitrogen and oxygen atoms in total. The van der Waals surface area contributed by atoms with E-state index in [1.165, 1.54) is 63.4 Å². The van der Waals surface area contributed by atoms with Gasteiger partial charge in [0.05, 0.1) is 6.10 Å². The summed E-state index contributed by atoms with van der Waals surface area (Å²) >= 11 is 0. The van der Waals surface area contributed by atoms with Crippen LogP contribution in [-0.2, 0) is 0 Å². The first-order chi connectivity index (χ1) is 14.5. The van der Waals surface area contributed by atoms with Crippen LogP contribution in [0.4, 0.5) is 0 Å². The first kappa shape index (κ1) is 22.5. The van der Waals surface area contributed by atoms with Gasteiger partial charge in [-0.25, -0.2) is 0 Å². The van der Waals surface area contributed by atoms with Crippen LogP contribution in [0.3, 0.4) is 0 Å². The normalized spacial score (nSPS) is 55.5. The highest BCUT2D eigenvalue weighted by molar-refractivity contribution is 5.20. The Morgan fingerprint density at radius 1 is 0.806 bits per heavy atom. The van der Waals surface area contributed by atoms with Crippen LogP contribution in [-0.4, -0.2) is 22.9 Å². The number of allylic oxidation sites excluding steroid dienone is 1. The van der Waals surface area contributed by atoms with E-state index in [1.807, 2.05) is 0 Å². The van der Waals surface area contributed by atoms with Crippen molar-refractivity contribution in [3.8, 4) is 0 Å². The Labute approximate surface area is 191 Å². The minimum Gasteiger partial charge on any atom is -0.396 e. The number of hydrogen-bond acceptors (Lipinski definition) is 2. The number of fused-ring (bicyclic) bond motifs is 7. The van der Waals surface area contributed by atoms with Crippen LogP contribution >= 0.6 is 0 Å². The Hall–Kier alpha value is -0.340. The average molecular weight is 429 g/mol. The summed E-state index contributed by atoms with van der Waals surface area (Å²) in [6.07, 6.45) is 12.4. The minimum absolute atomic E-state index is 0.0666. The molecule has 176 valence electrons. The molecule has 0 amide bonds. The fourth-order valence-electron chi connectivity index (χ4n) is 10.8. The summed E-state index contributed by atoms with van der Waals surface area (Å²) in [5.74, 6) is 4.26. The van der Waals surface area contributed by atoms with Gasteiger partial charge in [0.1, 0.15) is 0 Å². The number of hydrogen-bond donors (Lipinski definition) is 2. The van der Waals surface area contributed by atoms with Crippen molar-refractivity contribution in [1.82, 2.24) is 0 Å². The number of aliphatic hydroxyl groups excluding tert-OH is 2. The molecule has 0 aromatic heterocycles. The smallest absolute Gasteiger partial charge is 0.0594 e. The maximum Gasteiger partial charge on any atom is 0.0594 e. The molecule has 5 fully saturated rings. The van der Waals surface area contributed by atoms with Crippen LogP contribution in [0.15, 0.2) is 12.2 Å². The summed E-state index contributed by atoms with van der Waals surface area (Å²) < 4.78 is 0. The van der Waals surface area contributed by atoms with Crippen LogP contribution < -0.4 is 0 Å². The van der Waals surface area contributed by atoms with E-state index in [0.29, 0.717) is 35.2 Å². The van der Waals surface area contributed by atoms with Crippen molar-refractivity contribution >= 4 is 0 Å². The predicted octanol–water partition coefficient (Wildman–Crippen LogP) is 6.61. The van der Waals surface area contributed by atoms with Gasteiger partial charge >= 0.3 is 0 Å². The molecule has 5 aliphatic rings. The highest BCUT2D eigenvalue weighted by Crippen LogP contribution is 2.75. The van der Waals surface area contributed by atoms with E-state index in [9.17, 15) is 10.2 Å². The van der Waals surface area contributed by atoms with Gasteiger partial charge in [-0.05, 0) is 128 Å². The van der Waals surface area contributed by atoms with Gasteiger partial charge in [0.15, 0.2) is 0 Å². The van der Waals surface area contributed by atoms with E-state index in [4.69, 9.17) is 0 Å². The zero-order valence-corrected chi connectivity index (χ0v) is 20.9. The maximum absolute atomic E-state index is 10.8. The molecule has 0 aromatic carbocycles. The van der Waals surface area contributed by atoms with Crippen molar-refractivity contribution in [1.29, 1.82) is 0 Å². The third-order valence-corrected chi connectivity index (χ3v) is 12.9. The fraction of sp³-hybridized carbons (Fsp3) is 0.931. The second kappa shape index (κ2) is 7.08. The van der Waals surface area contributed by atoms with E-state index in [1.54, 1.807) is 0 Å². The summed E-state index contributed by atoms with van der Waals surface area (Å²) in [5, 5.41) is 21.4. The highest BCUT2D eigenvalue weighted by atomic mass is 16.3. The second-order valence-electron chi connectivity index (χ2n) is 13.9. The second-order valence-corrected chi connectivity index (χ2v) is 13.9. The van der Waals surface area contributed by atoms with Gasteiger partial charge < -0.3 is 10.2 Å². The van der Waals surface area contributed by atoms with Gasteiger partial charge in [-0.1, -0.05) is 39.8 Å². The largest absolute Gasteiger partial charge is 0.396 e. The lowest BCUT2D eigenvalue weighted by molar-refractivity contribution is -0.221. The molecule has 0 saturated heterocycles. The highest BCUT2D eigenvalue weighted by Gasteiger charge is 2.68.